The molecule has 1 saturated heterocycles. The lowest BCUT2D eigenvalue weighted by Crippen LogP contribution is -2.48. The molecule has 0 radical (unpaired) electrons. The summed E-state index contributed by atoms with van der Waals surface area (Å²) in [7, 11) is -3.95. The third-order valence-electron chi connectivity index (χ3n) is 6.39. The molecule has 2 aromatic rings. The topological polar surface area (TPSA) is 118 Å². The molecule has 11 heteroatoms. The summed E-state index contributed by atoms with van der Waals surface area (Å²) in [5, 5.41) is 3.13. The number of carbonyl (C=O) groups is 2. The molecular weight excluding hydrogens is 464 g/mol. The lowest BCUT2D eigenvalue weighted by molar-refractivity contribution is -0.114. The van der Waals surface area contributed by atoms with Crippen LogP contribution in [-0.2, 0) is 26.1 Å². The highest BCUT2D eigenvalue weighted by molar-refractivity contribution is 7.89. The van der Waals surface area contributed by atoms with Crippen molar-refractivity contribution >= 4 is 38.3 Å². The summed E-state index contributed by atoms with van der Waals surface area (Å²) in [6, 6.07) is 3.20. The van der Waals surface area contributed by atoms with Crippen molar-refractivity contribution in [3.05, 3.63) is 29.0 Å². The Labute approximate surface area is 196 Å². The number of aryl methyl sites for hydroxylation is 1. The molecule has 2 aliphatic heterocycles. The fourth-order valence-corrected chi connectivity index (χ4v) is 6.87. The minimum atomic E-state index is -3.95. The first-order valence-corrected chi connectivity index (χ1v) is 13.3. The van der Waals surface area contributed by atoms with Crippen LogP contribution < -0.4 is 10.0 Å². The van der Waals surface area contributed by atoms with E-state index in [-0.39, 0.29) is 34.4 Å². The van der Waals surface area contributed by atoms with Crippen LogP contribution in [0.1, 0.15) is 48.3 Å². The molecule has 1 saturated carbocycles. The number of rotatable bonds is 7. The van der Waals surface area contributed by atoms with Gasteiger partial charge in [-0.2, -0.15) is 0 Å². The van der Waals surface area contributed by atoms with Gasteiger partial charge in [0.15, 0.2) is 5.13 Å². The highest BCUT2D eigenvalue weighted by atomic mass is 32.2. The van der Waals surface area contributed by atoms with Crippen molar-refractivity contribution < 1.29 is 22.7 Å². The van der Waals surface area contributed by atoms with Gasteiger partial charge in [0.25, 0.3) is 5.91 Å². The van der Waals surface area contributed by atoms with E-state index in [1.54, 1.807) is 11.0 Å². The number of sulfonamides is 1. The molecule has 1 aromatic carbocycles. The molecule has 2 N–H and O–H groups in total. The minimum absolute atomic E-state index is 0.00808. The van der Waals surface area contributed by atoms with Crippen LogP contribution in [0.5, 0.6) is 0 Å². The minimum Gasteiger partial charge on any atom is -0.378 e. The molecule has 2 fully saturated rings. The van der Waals surface area contributed by atoms with Gasteiger partial charge >= 0.3 is 0 Å². The lowest BCUT2D eigenvalue weighted by Gasteiger charge is -2.27. The number of nitrogens with one attached hydrogen (secondary N) is 2. The summed E-state index contributed by atoms with van der Waals surface area (Å²) >= 11 is 1.28. The van der Waals surface area contributed by atoms with E-state index in [2.05, 4.69) is 15.0 Å². The van der Waals surface area contributed by atoms with Crippen LogP contribution >= 0.6 is 11.3 Å². The predicted molar refractivity (Wildman–Crippen MR) is 124 cm³/mol. The maximum absolute atomic E-state index is 13.4. The number of hydrogen-bond acceptors (Lipinski definition) is 7. The summed E-state index contributed by atoms with van der Waals surface area (Å²) in [6.07, 6.45) is 2.18. The van der Waals surface area contributed by atoms with Crippen molar-refractivity contribution in [3.8, 4) is 10.4 Å². The molecule has 9 nitrogen and oxygen atoms in total. The van der Waals surface area contributed by atoms with E-state index in [0.717, 1.165) is 17.7 Å². The second-order valence-corrected chi connectivity index (χ2v) is 11.7. The number of hydrogen-bond donors (Lipinski definition) is 2. The average Bonchev–Trinajstić information content (AvgIpc) is 3.43. The molecule has 3 heterocycles. The first-order chi connectivity index (χ1) is 15.6. The van der Waals surface area contributed by atoms with Crippen LogP contribution in [-0.4, -0.2) is 55.4 Å². The van der Waals surface area contributed by atoms with Gasteiger partial charge in [-0.3, -0.25) is 9.59 Å². The summed E-state index contributed by atoms with van der Waals surface area (Å²) in [6.45, 7) is 6.27. The maximum atomic E-state index is 13.4. The highest BCUT2D eigenvalue weighted by Gasteiger charge is 2.42. The molecule has 33 heavy (non-hydrogen) atoms. The van der Waals surface area contributed by atoms with Gasteiger partial charge in [0.2, 0.25) is 15.9 Å². The second kappa shape index (κ2) is 8.15. The Morgan fingerprint density at radius 1 is 1.30 bits per heavy atom. The third kappa shape index (κ3) is 4.18. The van der Waals surface area contributed by atoms with Crippen molar-refractivity contribution in [3.63, 3.8) is 0 Å². The summed E-state index contributed by atoms with van der Waals surface area (Å²) < 4.78 is 34.5. The van der Waals surface area contributed by atoms with Gasteiger partial charge in [0.1, 0.15) is 0 Å². The van der Waals surface area contributed by atoms with Gasteiger partial charge < -0.3 is 15.0 Å². The Balaban J connectivity index is 1.60. The van der Waals surface area contributed by atoms with E-state index >= 15 is 0 Å². The first kappa shape index (κ1) is 22.5. The quantitative estimate of drug-likeness (QED) is 0.616. The van der Waals surface area contributed by atoms with Gasteiger partial charge in [0.05, 0.1) is 40.3 Å². The zero-order valence-corrected chi connectivity index (χ0v) is 20.3. The molecule has 176 valence electrons. The van der Waals surface area contributed by atoms with Crippen molar-refractivity contribution in [1.29, 1.82) is 0 Å². The number of ether oxygens (including phenoxy) is 1. The Bertz CT molecular complexity index is 1250. The SMILES string of the molecule is CC(=O)Nc1nc(C)c(-c2cc3c(c(S(=O)(=O)NC4COC4)c2)C(=O)N(C(C)C2CC2)C3)s1. The van der Waals surface area contributed by atoms with Crippen LogP contribution in [0, 0.1) is 12.8 Å². The molecule has 5 rings (SSSR count). The number of carbonyl (C=O) groups excluding carboxylic acids is 2. The van der Waals surface area contributed by atoms with E-state index in [9.17, 15) is 18.0 Å². The van der Waals surface area contributed by atoms with Gasteiger partial charge in [-0.1, -0.05) is 11.3 Å². The van der Waals surface area contributed by atoms with E-state index < -0.39 is 10.0 Å². The normalized spacial score (nSPS) is 19.4. The van der Waals surface area contributed by atoms with E-state index in [4.69, 9.17) is 4.74 Å². The van der Waals surface area contributed by atoms with Crippen LogP contribution in [0.25, 0.3) is 10.4 Å². The molecule has 3 aliphatic rings. The average molecular weight is 491 g/mol. The van der Waals surface area contributed by atoms with Crippen molar-refractivity contribution in [1.82, 2.24) is 14.6 Å². The zero-order chi connectivity index (χ0) is 23.5. The number of nitrogens with zero attached hydrogens (tertiary/aromatic N) is 2. The van der Waals surface area contributed by atoms with E-state index in [1.165, 1.54) is 18.3 Å². The van der Waals surface area contributed by atoms with Gasteiger partial charge in [-0.25, -0.2) is 18.1 Å². The molecule has 1 atom stereocenters. The third-order valence-corrected chi connectivity index (χ3v) is 9.05. The Hall–Kier alpha value is -2.34. The molecule has 0 bridgehead atoms. The fourth-order valence-electron chi connectivity index (χ4n) is 4.40. The number of thiazole rings is 1. The molecule has 0 spiro atoms. The maximum Gasteiger partial charge on any atom is 0.256 e. The van der Waals surface area contributed by atoms with Gasteiger partial charge in [-0.15, -0.1) is 0 Å². The smallest absolute Gasteiger partial charge is 0.256 e. The van der Waals surface area contributed by atoms with E-state index in [1.807, 2.05) is 19.9 Å². The summed E-state index contributed by atoms with van der Waals surface area (Å²) in [5.41, 5.74) is 2.30. The van der Waals surface area contributed by atoms with Crippen molar-refractivity contribution in [2.24, 2.45) is 5.92 Å². The zero-order valence-electron chi connectivity index (χ0n) is 18.7. The first-order valence-electron chi connectivity index (χ1n) is 11.0. The van der Waals surface area contributed by atoms with Crippen LogP contribution in [0.3, 0.4) is 0 Å². The molecule has 1 aliphatic carbocycles. The van der Waals surface area contributed by atoms with Crippen LogP contribution in [0.2, 0.25) is 0 Å². The molecule has 2 amide bonds. The molecule has 1 aromatic heterocycles. The van der Waals surface area contributed by atoms with Crippen LogP contribution in [0.15, 0.2) is 17.0 Å². The predicted octanol–water partition coefficient (Wildman–Crippen LogP) is 2.51. The van der Waals surface area contributed by atoms with Gasteiger partial charge in [0, 0.05) is 19.5 Å². The number of anilines is 1. The van der Waals surface area contributed by atoms with E-state index in [0.29, 0.717) is 47.6 Å². The largest absolute Gasteiger partial charge is 0.378 e. The lowest BCUT2D eigenvalue weighted by atomic mass is 10.0. The Morgan fingerprint density at radius 2 is 2.03 bits per heavy atom. The summed E-state index contributed by atoms with van der Waals surface area (Å²) in [4.78, 5) is 31.8. The number of benzene rings is 1. The number of aromatic nitrogens is 1. The number of amides is 2. The van der Waals surface area contributed by atoms with Crippen LogP contribution in [0.4, 0.5) is 5.13 Å². The fraction of sp³-hybridized carbons (Fsp3) is 0.500. The van der Waals surface area contributed by atoms with Crippen molar-refractivity contribution in [2.75, 3.05) is 18.5 Å². The monoisotopic (exact) mass is 490 g/mol. The molecular formula is C22H26N4O5S2. The standard InChI is InChI=1S/C22H26N4O5S2/c1-11-20(32-22(23-11)24-13(3)27)15-6-16-8-26(12(2)14-4-5-14)21(28)19(16)18(7-15)33(29,30)25-17-9-31-10-17/h6-7,12,14,17,25H,4-5,8-10H2,1-3H3,(H,23,24,27). The number of fused-ring (bicyclic) bond motifs is 1. The van der Waals surface area contributed by atoms with Crippen molar-refractivity contribution in [2.45, 2.75) is 57.1 Å². The second-order valence-electron chi connectivity index (χ2n) is 8.99. The Kier molecular flexibility index (Phi) is 5.55. The van der Waals surface area contributed by atoms with Gasteiger partial charge in [-0.05, 0) is 55.9 Å². The molecule has 1 unspecified atom stereocenters. The summed E-state index contributed by atoms with van der Waals surface area (Å²) in [5.74, 6) is 0.00730. The Morgan fingerprint density at radius 3 is 2.64 bits per heavy atom. The highest BCUT2D eigenvalue weighted by Crippen LogP contribution is 2.42.